The van der Waals surface area contributed by atoms with Crippen molar-refractivity contribution in [1.29, 1.82) is 0 Å². The van der Waals surface area contributed by atoms with Crippen molar-refractivity contribution in [1.82, 2.24) is 4.98 Å². The molecule has 70 valence electrons. The molecule has 0 aromatic carbocycles. The largest absolute Gasteiger partial charge is 0.257 e. The van der Waals surface area contributed by atoms with E-state index in [1.54, 1.807) is 17.5 Å². The number of hydrogen-bond acceptors (Lipinski definition) is 2. The average Bonchev–Trinajstić information content (AvgIpc) is 2.63. The number of aryl methyl sites for hydroxylation is 1. The van der Waals surface area contributed by atoms with Crippen LogP contribution in [0.5, 0.6) is 0 Å². The predicted octanol–water partition coefficient (Wildman–Crippen LogP) is 3.62. The molecule has 2 heteroatoms. The Kier molecular flexibility index (Phi) is 2.75. The number of rotatable bonds is 2. The molecule has 2 rings (SSSR count). The summed E-state index contributed by atoms with van der Waals surface area (Å²) in [4.78, 5) is 5.53. The fraction of sp³-hybridized carbons (Fsp3) is 0.0833. The smallest absolute Gasteiger partial charge is 0.0630 e. The van der Waals surface area contributed by atoms with E-state index in [1.807, 2.05) is 24.3 Å². The Morgan fingerprint density at radius 2 is 2.14 bits per heavy atom. The Hall–Kier alpha value is -1.41. The third kappa shape index (κ3) is 2.09. The molecule has 0 radical (unpaired) electrons. The molecule has 0 saturated carbocycles. The SMILES string of the molecule is Cc1ccsc1/C=C/c1ccccn1. The van der Waals surface area contributed by atoms with Crippen LogP contribution in [-0.2, 0) is 0 Å². The van der Waals surface area contributed by atoms with Gasteiger partial charge in [-0.2, -0.15) is 0 Å². The van der Waals surface area contributed by atoms with Crippen LogP contribution in [0, 0.1) is 6.92 Å². The molecule has 0 fully saturated rings. The molecule has 0 aliphatic carbocycles. The second-order valence-corrected chi connectivity index (χ2v) is 4.00. The summed E-state index contributed by atoms with van der Waals surface area (Å²) in [6, 6.07) is 8.05. The normalized spacial score (nSPS) is 10.9. The first-order chi connectivity index (χ1) is 6.86. The average molecular weight is 201 g/mol. The van der Waals surface area contributed by atoms with Gasteiger partial charge in [-0.25, -0.2) is 0 Å². The van der Waals surface area contributed by atoms with Crippen LogP contribution in [0.15, 0.2) is 35.8 Å². The minimum absolute atomic E-state index is 1.00. The fourth-order valence-electron chi connectivity index (χ4n) is 1.19. The predicted molar refractivity (Wildman–Crippen MR) is 62.2 cm³/mol. The molecule has 1 nitrogen and oxygen atoms in total. The van der Waals surface area contributed by atoms with Crippen molar-refractivity contribution < 1.29 is 0 Å². The first kappa shape index (κ1) is 9.16. The Morgan fingerprint density at radius 1 is 1.21 bits per heavy atom. The minimum atomic E-state index is 1.00. The van der Waals surface area contributed by atoms with Crippen LogP contribution >= 0.6 is 11.3 Å². The zero-order valence-corrected chi connectivity index (χ0v) is 8.79. The van der Waals surface area contributed by atoms with Crippen molar-refractivity contribution in [3.63, 3.8) is 0 Å². The van der Waals surface area contributed by atoms with E-state index in [4.69, 9.17) is 0 Å². The molecule has 2 aromatic heterocycles. The van der Waals surface area contributed by atoms with Gasteiger partial charge in [0.1, 0.15) is 0 Å². The monoisotopic (exact) mass is 201 g/mol. The topological polar surface area (TPSA) is 12.9 Å². The molecule has 0 saturated heterocycles. The quantitative estimate of drug-likeness (QED) is 0.723. The van der Waals surface area contributed by atoms with Crippen molar-refractivity contribution in [2.45, 2.75) is 6.92 Å². The van der Waals surface area contributed by atoms with E-state index in [0.29, 0.717) is 0 Å². The summed E-state index contributed by atoms with van der Waals surface area (Å²) >= 11 is 1.75. The summed E-state index contributed by atoms with van der Waals surface area (Å²) < 4.78 is 0. The highest BCUT2D eigenvalue weighted by molar-refractivity contribution is 7.11. The summed E-state index contributed by atoms with van der Waals surface area (Å²) in [5.74, 6) is 0. The van der Waals surface area contributed by atoms with Gasteiger partial charge in [0.2, 0.25) is 0 Å². The van der Waals surface area contributed by atoms with Gasteiger partial charge in [0, 0.05) is 11.1 Å². The van der Waals surface area contributed by atoms with Crippen LogP contribution < -0.4 is 0 Å². The van der Waals surface area contributed by atoms with Crippen LogP contribution in [-0.4, -0.2) is 4.98 Å². The number of pyridine rings is 1. The van der Waals surface area contributed by atoms with Crippen LogP contribution in [0.2, 0.25) is 0 Å². The molecule has 0 amide bonds. The number of nitrogens with zero attached hydrogens (tertiary/aromatic N) is 1. The number of aromatic nitrogens is 1. The van der Waals surface area contributed by atoms with Gasteiger partial charge < -0.3 is 0 Å². The van der Waals surface area contributed by atoms with E-state index >= 15 is 0 Å². The fourth-order valence-corrected chi connectivity index (χ4v) is 2.01. The second-order valence-electron chi connectivity index (χ2n) is 3.06. The molecule has 14 heavy (non-hydrogen) atoms. The summed E-state index contributed by atoms with van der Waals surface area (Å²) in [5, 5.41) is 2.10. The third-order valence-corrected chi connectivity index (χ3v) is 2.98. The first-order valence-corrected chi connectivity index (χ1v) is 5.37. The van der Waals surface area contributed by atoms with Crippen LogP contribution in [0.4, 0.5) is 0 Å². The molecule has 0 aliphatic rings. The molecule has 2 heterocycles. The number of thiophene rings is 1. The van der Waals surface area contributed by atoms with Crippen molar-refractivity contribution >= 4 is 23.5 Å². The van der Waals surface area contributed by atoms with Crippen LogP contribution in [0.1, 0.15) is 16.1 Å². The van der Waals surface area contributed by atoms with Gasteiger partial charge in [-0.1, -0.05) is 6.07 Å². The van der Waals surface area contributed by atoms with E-state index < -0.39 is 0 Å². The van der Waals surface area contributed by atoms with E-state index in [9.17, 15) is 0 Å². The van der Waals surface area contributed by atoms with Gasteiger partial charge in [0.25, 0.3) is 0 Å². The Morgan fingerprint density at radius 3 is 2.79 bits per heavy atom. The lowest BCUT2D eigenvalue weighted by molar-refractivity contribution is 1.30. The minimum Gasteiger partial charge on any atom is -0.257 e. The van der Waals surface area contributed by atoms with Crippen LogP contribution in [0.3, 0.4) is 0 Å². The molecule has 0 atom stereocenters. The zero-order chi connectivity index (χ0) is 9.80. The Bertz CT molecular complexity index is 429. The summed E-state index contributed by atoms with van der Waals surface area (Å²) in [6.07, 6.45) is 5.96. The Balaban J connectivity index is 2.20. The van der Waals surface area contributed by atoms with E-state index in [-0.39, 0.29) is 0 Å². The van der Waals surface area contributed by atoms with Crippen molar-refractivity contribution in [3.8, 4) is 0 Å². The van der Waals surface area contributed by atoms with Gasteiger partial charge in [-0.3, -0.25) is 4.98 Å². The second kappa shape index (κ2) is 4.20. The summed E-state index contributed by atoms with van der Waals surface area (Å²) in [6.45, 7) is 2.12. The molecule has 0 bridgehead atoms. The lowest BCUT2D eigenvalue weighted by Gasteiger charge is -1.91. The lowest BCUT2D eigenvalue weighted by atomic mass is 10.2. The maximum absolute atomic E-state index is 4.23. The van der Waals surface area contributed by atoms with Gasteiger partial charge in [-0.15, -0.1) is 11.3 Å². The maximum Gasteiger partial charge on any atom is 0.0630 e. The van der Waals surface area contributed by atoms with Gasteiger partial charge >= 0.3 is 0 Å². The molecular weight excluding hydrogens is 190 g/mol. The molecule has 2 aromatic rings. The Labute approximate surface area is 87.8 Å². The maximum atomic E-state index is 4.23. The van der Waals surface area contributed by atoms with Crippen molar-refractivity contribution in [2.24, 2.45) is 0 Å². The van der Waals surface area contributed by atoms with E-state index in [2.05, 4.69) is 29.4 Å². The molecular formula is C12H11NS. The van der Waals surface area contributed by atoms with Crippen LogP contribution in [0.25, 0.3) is 12.2 Å². The molecule has 0 N–H and O–H groups in total. The highest BCUT2D eigenvalue weighted by atomic mass is 32.1. The first-order valence-electron chi connectivity index (χ1n) is 4.49. The van der Waals surface area contributed by atoms with E-state index in [1.165, 1.54) is 10.4 Å². The standard InChI is InChI=1S/C12H11NS/c1-10-7-9-14-12(10)6-5-11-4-2-3-8-13-11/h2-9H,1H3/b6-5+. The summed E-state index contributed by atoms with van der Waals surface area (Å²) in [7, 11) is 0. The van der Waals surface area contributed by atoms with Crippen molar-refractivity contribution in [2.75, 3.05) is 0 Å². The molecule has 0 spiro atoms. The molecule has 0 unspecified atom stereocenters. The molecule has 0 aliphatic heterocycles. The van der Waals surface area contributed by atoms with Crippen molar-refractivity contribution in [3.05, 3.63) is 52.0 Å². The van der Waals surface area contributed by atoms with E-state index in [0.717, 1.165) is 5.69 Å². The van der Waals surface area contributed by atoms with Gasteiger partial charge in [0.15, 0.2) is 0 Å². The zero-order valence-electron chi connectivity index (χ0n) is 7.97. The lowest BCUT2D eigenvalue weighted by Crippen LogP contribution is -1.76. The van der Waals surface area contributed by atoms with Gasteiger partial charge in [-0.05, 0) is 48.2 Å². The third-order valence-electron chi connectivity index (χ3n) is 1.99. The highest BCUT2D eigenvalue weighted by Gasteiger charge is 1.93. The highest BCUT2D eigenvalue weighted by Crippen LogP contribution is 2.18. The summed E-state index contributed by atoms with van der Waals surface area (Å²) in [5.41, 5.74) is 2.32. The number of hydrogen-bond donors (Lipinski definition) is 0. The van der Waals surface area contributed by atoms with Gasteiger partial charge in [0.05, 0.1) is 5.69 Å².